The predicted molar refractivity (Wildman–Crippen MR) is 87.8 cm³/mol. The van der Waals surface area contributed by atoms with Crippen LogP contribution in [0.5, 0.6) is 0 Å². The topological polar surface area (TPSA) is 62.3 Å². The number of nitrogens with one attached hydrogen (secondary N) is 1. The van der Waals surface area contributed by atoms with Gasteiger partial charge in [0.15, 0.2) is 0 Å². The molecule has 0 radical (unpaired) electrons. The first-order valence-electron chi connectivity index (χ1n) is 7.17. The van der Waals surface area contributed by atoms with Gasteiger partial charge in [0.2, 0.25) is 11.8 Å². The van der Waals surface area contributed by atoms with E-state index in [1.165, 1.54) is 0 Å². The predicted octanol–water partition coefficient (Wildman–Crippen LogP) is 2.42. The van der Waals surface area contributed by atoms with Gasteiger partial charge in [-0.05, 0) is 25.5 Å². The highest BCUT2D eigenvalue weighted by Crippen LogP contribution is 2.28. The van der Waals surface area contributed by atoms with Crippen molar-refractivity contribution >= 4 is 34.5 Å². The second kappa shape index (κ2) is 6.58. The first-order valence-corrected chi connectivity index (χ1v) is 8.87. The second-order valence-electron chi connectivity index (χ2n) is 5.21. The highest BCUT2D eigenvalue weighted by molar-refractivity contribution is 7.16. The molecule has 0 saturated carbocycles. The first-order chi connectivity index (χ1) is 10.6. The van der Waals surface area contributed by atoms with Gasteiger partial charge in [0.05, 0.1) is 28.7 Å². The van der Waals surface area contributed by atoms with Gasteiger partial charge in [0, 0.05) is 23.2 Å². The van der Waals surface area contributed by atoms with Crippen LogP contribution in [0, 0.1) is 6.92 Å². The van der Waals surface area contributed by atoms with Gasteiger partial charge in [0.25, 0.3) is 0 Å². The number of aryl methyl sites for hydroxylation is 1. The summed E-state index contributed by atoms with van der Waals surface area (Å²) >= 11 is 3.27. The van der Waals surface area contributed by atoms with E-state index in [1.807, 2.05) is 24.4 Å². The molecule has 1 N–H and O–H groups in total. The van der Waals surface area contributed by atoms with Crippen molar-refractivity contribution in [1.29, 1.82) is 0 Å². The van der Waals surface area contributed by atoms with Crippen LogP contribution in [0.4, 0.5) is 0 Å². The van der Waals surface area contributed by atoms with Crippen LogP contribution < -0.4 is 5.32 Å². The fraction of sp³-hybridized carbons (Fsp3) is 0.400. The van der Waals surface area contributed by atoms with Gasteiger partial charge in [-0.2, -0.15) is 0 Å². The van der Waals surface area contributed by atoms with Gasteiger partial charge < -0.3 is 10.2 Å². The van der Waals surface area contributed by atoms with E-state index in [0.29, 0.717) is 19.5 Å². The van der Waals surface area contributed by atoms with E-state index in [2.05, 4.69) is 10.3 Å². The maximum absolute atomic E-state index is 11.9. The molecule has 0 aliphatic carbocycles. The number of hydrogen-bond acceptors (Lipinski definition) is 5. The summed E-state index contributed by atoms with van der Waals surface area (Å²) in [6.07, 6.45) is 1.42. The van der Waals surface area contributed by atoms with E-state index in [4.69, 9.17) is 0 Å². The average molecular weight is 335 g/mol. The molecule has 3 rings (SSSR count). The zero-order chi connectivity index (χ0) is 15.5. The smallest absolute Gasteiger partial charge is 0.239 e. The van der Waals surface area contributed by atoms with Crippen LogP contribution in [0.3, 0.4) is 0 Å². The first kappa shape index (κ1) is 15.2. The molecule has 5 nitrogen and oxygen atoms in total. The number of carbonyl (C=O) groups excluding carboxylic acids is 2. The van der Waals surface area contributed by atoms with Crippen molar-refractivity contribution in [2.24, 2.45) is 0 Å². The largest absolute Gasteiger partial charge is 0.350 e. The summed E-state index contributed by atoms with van der Waals surface area (Å²) in [5.41, 5.74) is 0.993. The molecular weight excluding hydrogens is 318 g/mol. The highest BCUT2D eigenvalue weighted by atomic mass is 32.1. The highest BCUT2D eigenvalue weighted by Gasteiger charge is 2.22. The number of carbonyl (C=O) groups is 2. The second-order valence-corrected chi connectivity index (χ2v) is 7.44. The Balaban J connectivity index is 1.52. The van der Waals surface area contributed by atoms with Crippen LogP contribution in [0.25, 0.3) is 10.6 Å². The molecule has 0 atom stereocenters. The monoisotopic (exact) mass is 335 g/mol. The number of amides is 2. The summed E-state index contributed by atoms with van der Waals surface area (Å²) in [5, 5.41) is 5.97. The normalized spacial score (nSPS) is 14.6. The van der Waals surface area contributed by atoms with Crippen molar-refractivity contribution in [3.8, 4) is 10.6 Å². The molecule has 2 amide bonds. The van der Waals surface area contributed by atoms with E-state index in [9.17, 15) is 9.59 Å². The van der Waals surface area contributed by atoms with Crippen LogP contribution >= 0.6 is 22.7 Å². The summed E-state index contributed by atoms with van der Waals surface area (Å²) < 4.78 is 0. The molecule has 1 fully saturated rings. The third-order valence-corrected chi connectivity index (χ3v) is 5.38. The molecule has 1 aliphatic rings. The summed E-state index contributed by atoms with van der Waals surface area (Å²) in [4.78, 5) is 31.7. The van der Waals surface area contributed by atoms with Crippen molar-refractivity contribution in [2.75, 3.05) is 13.1 Å². The molecule has 0 spiro atoms. The number of nitrogens with zero attached hydrogens (tertiary/aromatic N) is 2. The molecular formula is C15H17N3O2S2. The Hall–Kier alpha value is -1.73. The number of thiazole rings is 1. The Morgan fingerprint density at radius 2 is 2.32 bits per heavy atom. The van der Waals surface area contributed by atoms with Crippen molar-refractivity contribution in [1.82, 2.24) is 15.2 Å². The van der Waals surface area contributed by atoms with Crippen molar-refractivity contribution in [3.05, 3.63) is 27.4 Å². The zero-order valence-electron chi connectivity index (χ0n) is 12.3. The van der Waals surface area contributed by atoms with Crippen LogP contribution in [0.2, 0.25) is 0 Å². The fourth-order valence-corrected chi connectivity index (χ4v) is 3.97. The number of likely N-dealkylation sites (tertiary alicyclic amines) is 1. The number of aromatic nitrogens is 1. The van der Waals surface area contributed by atoms with E-state index >= 15 is 0 Å². The van der Waals surface area contributed by atoms with E-state index in [1.54, 1.807) is 27.6 Å². The van der Waals surface area contributed by atoms with E-state index < -0.39 is 0 Å². The lowest BCUT2D eigenvalue weighted by Crippen LogP contribution is -2.37. The van der Waals surface area contributed by atoms with Crippen LogP contribution in [0.1, 0.15) is 22.7 Å². The van der Waals surface area contributed by atoms with Crippen LogP contribution in [-0.4, -0.2) is 34.8 Å². The average Bonchev–Trinajstić information content (AvgIpc) is 3.19. The third kappa shape index (κ3) is 3.53. The number of hydrogen-bond donors (Lipinski definition) is 1. The fourth-order valence-electron chi connectivity index (χ4n) is 2.37. The molecule has 116 valence electrons. The number of rotatable bonds is 5. The molecule has 1 aliphatic heterocycles. The minimum Gasteiger partial charge on any atom is -0.350 e. The van der Waals surface area contributed by atoms with Crippen molar-refractivity contribution in [2.45, 2.75) is 26.3 Å². The Bertz CT molecular complexity index is 693. The van der Waals surface area contributed by atoms with Gasteiger partial charge in [-0.3, -0.25) is 9.59 Å². The SMILES string of the molecule is Cc1nc(-c2ccc(CNC(=O)CN3CCCC3=O)s2)cs1. The molecule has 2 aromatic heterocycles. The lowest BCUT2D eigenvalue weighted by molar-refractivity contribution is -0.133. The minimum atomic E-state index is -0.102. The van der Waals surface area contributed by atoms with Crippen molar-refractivity contribution < 1.29 is 9.59 Å². The van der Waals surface area contributed by atoms with Gasteiger partial charge in [-0.1, -0.05) is 0 Å². The van der Waals surface area contributed by atoms with E-state index in [-0.39, 0.29) is 18.4 Å². The Morgan fingerprint density at radius 1 is 1.45 bits per heavy atom. The molecule has 0 bridgehead atoms. The van der Waals surface area contributed by atoms with Gasteiger partial charge in [0.1, 0.15) is 0 Å². The zero-order valence-corrected chi connectivity index (χ0v) is 13.9. The maximum Gasteiger partial charge on any atom is 0.239 e. The lowest BCUT2D eigenvalue weighted by Gasteiger charge is -2.14. The van der Waals surface area contributed by atoms with Crippen LogP contribution in [-0.2, 0) is 16.1 Å². The summed E-state index contributed by atoms with van der Waals surface area (Å²) in [6.45, 7) is 3.35. The molecule has 0 aromatic carbocycles. The van der Waals surface area contributed by atoms with Crippen LogP contribution in [0.15, 0.2) is 17.5 Å². The standard InChI is InChI=1S/C15H17N3O2S2/c1-10-17-12(9-21-10)13-5-4-11(22-13)7-16-14(19)8-18-6-2-3-15(18)20/h4-5,9H,2-3,6-8H2,1H3,(H,16,19). The van der Waals surface area contributed by atoms with Gasteiger partial charge >= 0.3 is 0 Å². The van der Waals surface area contributed by atoms with Gasteiger partial charge in [-0.25, -0.2) is 4.98 Å². The molecule has 22 heavy (non-hydrogen) atoms. The summed E-state index contributed by atoms with van der Waals surface area (Å²) in [5.74, 6) is -0.0258. The summed E-state index contributed by atoms with van der Waals surface area (Å²) in [7, 11) is 0. The van der Waals surface area contributed by atoms with Crippen molar-refractivity contribution in [3.63, 3.8) is 0 Å². The molecule has 0 unspecified atom stereocenters. The van der Waals surface area contributed by atoms with E-state index in [0.717, 1.165) is 26.9 Å². The Labute approximate surface area is 137 Å². The molecule has 1 saturated heterocycles. The molecule has 3 heterocycles. The molecule has 2 aromatic rings. The quantitative estimate of drug-likeness (QED) is 0.913. The minimum absolute atomic E-state index is 0.0764. The molecule has 7 heteroatoms. The maximum atomic E-state index is 11.9. The Morgan fingerprint density at radius 3 is 3.00 bits per heavy atom. The number of thiophene rings is 1. The third-order valence-electron chi connectivity index (χ3n) is 3.50. The lowest BCUT2D eigenvalue weighted by atomic mass is 10.3. The van der Waals surface area contributed by atoms with Gasteiger partial charge in [-0.15, -0.1) is 22.7 Å². The summed E-state index contributed by atoms with van der Waals surface area (Å²) in [6, 6.07) is 4.04. The Kier molecular flexibility index (Phi) is 4.54.